The van der Waals surface area contributed by atoms with Crippen LogP contribution in [0.1, 0.15) is 55.1 Å². The van der Waals surface area contributed by atoms with Gasteiger partial charge < -0.3 is 26.0 Å². The number of aromatic carboxylic acids is 1. The number of nitrogens with zero attached hydrogens (tertiary/aromatic N) is 6. The van der Waals surface area contributed by atoms with Crippen LogP contribution in [0, 0.1) is 11.8 Å². The maximum Gasteiger partial charge on any atom is 0.358 e. The van der Waals surface area contributed by atoms with Gasteiger partial charge in [0, 0.05) is 37.9 Å². The molecule has 10 heteroatoms. The van der Waals surface area contributed by atoms with Crippen LogP contribution in [0.15, 0.2) is 18.6 Å². The van der Waals surface area contributed by atoms with Crippen molar-refractivity contribution in [3.8, 4) is 11.3 Å². The number of anilines is 1. The molecule has 0 saturated carbocycles. The smallest absolute Gasteiger partial charge is 0.358 e. The first-order valence-electron chi connectivity index (χ1n) is 13.1. The first-order chi connectivity index (χ1) is 17.0. The average molecular weight is 483 g/mol. The lowest BCUT2D eigenvalue weighted by Crippen LogP contribution is -2.43. The Morgan fingerprint density at radius 1 is 0.971 bits per heavy atom. The molecule has 0 amide bonds. The van der Waals surface area contributed by atoms with Crippen molar-refractivity contribution in [2.45, 2.75) is 44.6 Å². The Bertz CT molecular complexity index is 989. The third-order valence-electron chi connectivity index (χ3n) is 8.03. The van der Waals surface area contributed by atoms with Gasteiger partial charge in [0.15, 0.2) is 11.5 Å². The molecule has 190 valence electrons. The predicted octanol–water partition coefficient (Wildman–Crippen LogP) is 1.97. The number of carbonyl (C=O) groups is 1. The van der Waals surface area contributed by atoms with Crippen LogP contribution >= 0.6 is 0 Å². The zero-order valence-corrected chi connectivity index (χ0v) is 20.5. The van der Waals surface area contributed by atoms with E-state index in [9.17, 15) is 9.90 Å². The van der Waals surface area contributed by atoms with E-state index in [1.807, 2.05) is 10.9 Å². The molecule has 0 aliphatic carbocycles. The molecule has 0 aromatic carbocycles. The van der Waals surface area contributed by atoms with Crippen molar-refractivity contribution >= 4 is 11.8 Å². The highest BCUT2D eigenvalue weighted by atomic mass is 16.4. The van der Waals surface area contributed by atoms with Crippen LogP contribution in [-0.4, -0.2) is 93.0 Å². The number of nitrogen functional groups attached to an aromatic ring is 1. The number of piperidine rings is 3. The highest BCUT2D eigenvalue weighted by Gasteiger charge is 2.27. The Kier molecular flexibility index (Phi) is 7.60. The van der Waals surface area contributed by atoms with Crippen molar-refractivity contribution in [1.29, 1.82) is 0 Å². The summed E-state index contributed by atoms with van der Waals surface area (Å²) in [7, 11) is 0. The van der Waals surface area contributed by atoms with E-state index in [0.717, 1.165) is 43.3 Å². The molecule has 5 heterocycles. The van der Waals surface area contributed by atoms with E-state index >= 15 is 0 Å². The molecular formula is C25H38N8O2. The molecule has 5 rings (SSSR count). The van der Waals surface area contributed by atoms with E-state index in [4.69, 9.17) is 5.73 Å². The van der Waals surface area contributed by atoms with Gasteiger partial charge in [0.05, 0.1) is 24.1 Å². The fraction of sp³-hybridized carbons (Fsp3) is 0.680. The summed E-state index contributed by atoms with van der Waals surface area (Å²) in [5.41, 5.74) is 6.65. The summed E-state index contributed by atoms with van der Waals surface area (Å²) in [5, 5.41) is 17.3. The van der Waals surface area contributed by atoms with Crippen LogP contribution < -0.4 is 11.1 Å². The number of nitrogens with one attached hydrogen (secondary N) is 1. The van der Waals surface area contributed by atoms with Gasteiger partial charge in [-0.1, -0.05) is 0 Å². The Morgan fingerprint density at radius 2 is 1.60 bits per heavy atom. The van der Waals surface area contributed by atoms with Gasteiger partial charge in [0.1, 0.15) is 0 Å². The molecule has 2 aromatic heterocycles. The molecule has 4 N–H and O–H groups in total. The van der Waals surface area contributed by atoms with Crippen LogP contribution in [0.2, 0.25) is 0 Å². The summed E-state index contributed by atoms with van der Waals surface area (Å²) in [6.45, 7) is 9.62. The number of hydrogen-bond acceptors (Lipinski definition) is 8. The SMILES string of the molecule is Nc1ncc(-c2cnn(C3CCN(CC4CCN(CC5CCNCC5)CC4)CC3)c2)nc1C(=O)O. The van der Waals surface area contributed by atoms with E-state index in [-0.39, 0.29) is 11.5 Å². The van der Waals surface area contributed by atoms with Crippen LogP contribution in [-0.2, 0) is 0 Å². The van der Waals surface area contributed by atoms with Gasteiger partial charge >= 0.3 is 5.97 Å². The van der Waals surface area contributed by atoms with Crippen LogP contribution in [0.5, 0.6) is 0 Å². The highest BCUT2D eigenvalue weighted by Crippen LogP contribution is 2.27. The molecule has 3 fully saturated rings. The number of carboxylic acids is 1. The van der Waals surface area contributed by atoms with Crippen LogP contribution in [0.25, 0.3) is 11.3 Å². The molecule has 0 atom stereocenters. The number of rotatable bonds is 7. The molecule has 0 spiro atoms. The largest absolute Gasteiger partial charge is 0.476 e. The molecule has 0 radical (unpaired) electrons. The lowest BCUT2D eigenvalue weighted by Gasteiger charge is -2.39. The van der Waals surface area contributed by atoms with Crippen LogP contribution in [0.3, 0.4) is 0 Å². The molecule has 3 saturated heterocycles. The average Bonchev–Trinajstić information content (AvgIpc) is 3.37. The van der Waals surface area contributed by atoms with E-state index in [2.05, 4.69) is 30.2 Å². The van der Waals surface area contributed by atoms with Gasteiger partial charge in [-0.2, -0.15) is 5.10 Å². The first-order valence-corrected chi connectivity index (χ1v) is 13.1. The fourth-order valence-corrected chi connectivity index (χ4v) is 5.88. The second-order valence-electron chi connectivity index (χ2n) is 10.5. The third kappa shape index (κ3) is 5.99. The molecule has 0 bridgehead atoms. The van der Waals surface area contributed by atoms with Gasteiger partial charge in [-0.25, -0.2) is 14.8 Å². The fourth-order valence-electron chi connectivity index (χ4n) is 5.88. The van der Waals surface area contributed by atoms with E-state index in [1.165, 1.54) is 71.1 Å². The normalized spacial score (nSPS) is 21.9. The summed E-state index contributed by atoms with van der Waals surface area (Å²) in [5.74, 6) is 0.457. The van der Waals surface area contributed by atoms with Crippen molar-refractivity contribution < 1.29 is 9.90 Å². The monoisotopic (exact) mass is 482 g/mol. The predicted molar refractivity (Wildman–Crippen MR) is 134 cm³/mol. The highest BCUT2D eigenvalue weighted by molar-refractivity contribution is 5.90. The lowest BCUT2D eigenvalue weighted by molar-refractivity contribution is 0.0691. The second kappa shape index (κ2) is 11.0. The van der Waals surface area contributed by atoms with Gasteiger partial charge in [-0.15, -0.1) is 0 Å². The quantitative estimate of drug-likeness (QED) is 0.543. The van der Waals surface area contributed by atoms with Crippen LogP contribution in [0.4, 0.5) is 5.82 Å². The maximum atomic E-state index is 11.3. The van der Waals surface area contributed by atoms with Gasteiger partial charge in [-0.05, 0) is 76.5 Å². The van der Waals surface area contributed by atoms with Crippen molar-refractivity contribution in [3.05, 3.63) is 24.3 Å². The summed E-state index contributed by atoms with van der Waals surface area (Å²) in [6.07, 6.45) is 12.7. The number of nitrogens with two attached hydrogens (primary N) is 1. The van der Waals surface area contributed by atoms with Crippen molar-refractivity contribution in [2.75, 3.05) is 58.1 Å². The van der Waals surface area contributed by atoms with E-state index in [1.54, 1.807) is 6.20 Å². The standard InChI is InChI=1S/C25H38N8O2/c26-24-23(25(34)35)30-22(14-28-24)20-13-29-33(17-20)21-5-11-32(12-6-21)16-19-3-9-31(10-4-19)15-18-1-7-27-8-2-18/h13-14,17-19,21,27H,1-12,15-16H2,(H2,26,28)(H,34,35). The molecule has 3 aliphatic rings. The van der Waals surface area contributed by atoms with Gasteiger partial charge in [0.25, 0.3) is 0 Å². The first kappa shape index (κ1) is 24.1. The summed E-state index contributed by atoms with van der Waals surface area (Å²) >= 11 is 0. The molecule has 35 heavy (non-hydrogen) atoms. The minimum absolute atomic E-state index is 0.0755. The van der Waals surface area contributed by atoms with E-state index in [0.29, 0.717) is 11.7 Å². The Hall–Kier alpha value is -2.56. The minimum Gasteiger partial charge on any atom is -0.476 e. The topological polar surface area (TPSA) is 125 Å². The lowest BCUT2D eigenvalue weighted by atomic mass is 9.92. The van der Waals surface area contributed by atoms with E-state index < -0.39 is 5.97 Å². The summed E-state index contributed by atoms with van der Waals surface area (Å²) < 4.78 is 2.00. The Labute approximate surface area is 206 Å². The third-order valence-corrected chi connectivity index (χ3v) is 8.03. The zero-order chi connectivity index (χ0) is 24.2. The Balaban J connectivity index is 1.07. The van der Waals surface area contributed by atoms with Crippen molar-refractivity contribution in [1.82, 2.24) is 34.9 Å². The number of likely N-dealkylation sites (tertiary alicyclic amines) is 2. The van der Waals surface area contributed by atoms with Gasteiger partial charge in [-0.3, -0.25) is 4.68 Å². The molecular weight excluding hydrogens is 444 g/mol. The zero-order valence-electron chi connectivity index (χ0n) is 20.5. The number of hydrogen-bond donors (Lipinski definition) is 3. The summed E-state index contributed by atoms with van der Waals surface area (Å²) in [6, 6.07) is 0.354. The molecule has 2 aromatic rings. The number of aromatic nitrogens is 4. The van der Waals surface area contributed by atoms with Crippen molar-refractivity contribution in [3.63, 3.8) is 0 Å². The summed E-state index contributed by atoms with van der Waals surface area (Å²) in [4.78, 5) is 24.8. The number of carboxylic acid groups (broad SMARTS) is 1. The molecule has 10 nitrogen and oxygen atoms in total. The minimum atomic E-state index is -1.18. The second-order valence-corrected chi connectivity index (χ2v) is 10.5. The van der Waals surface area contributed by atoms with Crippen molar-refractivity contribution in [2.24, 2.45) is 11.8 Å². The molecule has 0 unspecified atom stereocenters. The van der Waals surface area contributed by atoms with Gasteiger partial charge in [0.2, 0.25) is 0 Å². The molecule has 3 aliphatic heterocycles. The maximum absolute atomic E-state index is 11.3. The Morgan fingerprint density at radius 3 is 2.26 bits per heavy atom.